The smallest absolute Gasteiger partial charge is 0.164 e. The number of aromatic hydroxyl groups is 1. The first-order valence-electron chi connectivity index (χ1n) is 5.23. The summed E-state index contributed by atoms with van der Waals surface area (Å²) in [6.45, 7) is 4.64. The molecular weight excluding hydrogens is 190 g/mol. The van der Waals surface area contributed by atoms with E-state index < -0.39 is 0 Å². The molecule has 1 atom stereocenters. The van der Waals surface area contributed by atoms with E-state index in [9.17, 15) is 5.11 Å². The highest BCUT2D eigenvalue weighted by atomic mass is 16.5. The number of ether oxygens (including phenoxy) is 1. The summed E-state index contributed by atoms with van der Waals surface area (Å²) >= 11 is 0. The van der Waals surface area contributed by atoms with Gasteiger partial charge in [0.05, 0.1) is 6.61 Å². The van der Waals surface area contributed by atoms with Gasteiger partial charge in [-0.2, -0.15) is 0 Å². The number of nitrogens with two attached hydrogens (primary N) is 1. The monoisotopic (exact) mass is 207 g/mol. The summed E-state index contributed by atoms with van der Waals surface area (Å²) in [7, 11) is 0. The third-order valence-electron chi connectivity index (χ3n) is 2.95. The van der Waals surface area contributed by atoms with E-state index in [2.05, 4.69) is 0 Å². The van der Waals surface area contributed by atoms with Crippen molar-refractivity contribution < 1.29 is 9.84 Å². The Morgan fingerprint density at radius 3 is 2.87 bits per heavy atom. The molecule has 3 heteroatoms. The minimum absolute atomic E-state index is 0.210. The van der Waals surface area contributed by atoms with Crippen LogP contribution in [0.4, 0.5) is 0 Å². The van der Waals surface area contributed by atoms with E-state index in [0.29, 0.717) is 12.4 Å². The predicted octanol–water partition coefficient (Wildman–Crippen LogP) is 2.00. The number of hydrogen-bond acceptors (Lipinski definition) is 3. The van der Waals surface area contributed by atoms with E-state index in [1.54, 1.807) is 6.07 Å². The van der Waals surface area contributed by atoms with E-state index in [0.717, 1.165) is 12.0 Å². The number of fused-ring (bicyclic) bond motifs is 1. The molecule has 0 saturated heterocycles. The highest BCUT2D eigenvalue weighted by Crippen LogP contribution is 2.43. The van der Waals surface area contributed by atoms with Gasteiger partial charge in [-0.05, 0) is 26.3 Å². The second-order valence-corrected chi connectivity index (χ2v) is 4.71. The molecule has 0 fully saturated rings. The van der Waals surface area contributed by atoms with Crippen LogP contribution in [0.3, 0.4) is 0 Å². The van der Waals surface area contributed by atoms with Gasteiger partial charge in [0.2, 0.25) is 0 Å². The number of hydrogen-bond donors (Lipinski definition) is 2. The van der Waals surface area contributed by atoms with Crippen molar-refractivity contribution in [3.63, 3.8) is 0 Å². The highest BCUT2D eigenvalue weighted by molar-refractivity contribution is 5.49. The lowest BCUT2D eigenvalue weighted by Crippen LogP contribution is -2.41. The number of phenolic OH excluding ortho intramolecular Hbond substituents is 1. The summed E-state index contributed by atoms with van der Waals surface area (Å²) < 4.78 is 5.47. The van der Waals surface area contributed by atoms with Gasteiger partial charge >= 0.3 is 0 Å². The molecule has 1 aliphatic rings. The van der Waals surface area contributed by atoms with Crippen molar-refractivity contribution in [1.29, 1.82) is 0 Å². The lowest BCUT2D eigenvalue weighted by molar-refractivity contribution is 0.224. The SMILES string of the molecule is CC(C)(N)C1CCOc2c(O)cccc21. The molecule has 0 bridgehead atoms. The lowest BCUT2D eigenvalue weighted by atomic mass is 9.79. The molecule has 1 unspecified atom stereocenters. The summed E-state index contributed by atoms with van der Waals surface area (Å²) in [5.74, 6) is 1.06. The lowest BCUT2D eigenvalue weighted by Gasteiger charge is -2.35. The van der Waals surface area contributed by atoms with Crippen LogP contribution in [0.15, 0.2) is 18.2 Å². The van der Waals surface area contributed by atoms with E-state index in [4.69, 9.17) is 10.5 Å². The Morgan fingerprint density at radius 1 is 1.47 bits per heavy atom. The van der Waals surface area contributed by atoms with Crippen LogP contribution in [0.25, 0.3) is 0 Å². The third kappa shape index (κ3) is 1.79. The van der Waals surface area contributed by atoms with Crippen LogP contribution in [0.1, 0.15) is 31.7 Å². The molecule has 0 aromatic heterocycles. The average Bonchev–Trinajstić information content (AvgIpc) is 2.16. The van der Waals surface area contributed by atoms with Crippen LogP contribution in [0.2, 0.25) is 0 Å². The molecule has 3 nitrogen and oxygen atoms in total. The quantitative estimate of drug-likeness (QED) is 0.740. The van der Waals surface area contributed by atoms with Crippen LogP contribution < -0.4 is 10.5 Å². The van der Waals surface area contributed by atoms with Gasteiger partial charge in [0, 0.05) is 17.0 Å². The van der Waals surface area contributed by atoms with Crippen LogP contribution in [0.5, 0.6) is 11.5 Å². The first kappa shape index (κ1) is 10.3. The van der Waals surface area contributed by atoms with Crippen LogP contribution >= 0.6 is 0 Å². The first-order chi connectivity index (χ1) is 7.00. The van der Waals surface area contributed by atoms with Gasteiger partial charge in [-0.25, -0.2) is 0 Å². The van der Waals surface area contributed by atoms with Gasteiger partial charge in [-0.1, -0.05) is 12.1 Å². The Labute approximate surface area is 89.9 Å². The Balaban J connectivity index is 2.48. The summed E-state index contributed by atoms with van der Waals surface area (Å²) in [4.78, 5) is 0. The van der Waals surface area contributed by atoms with Gasteiger partial charge < -0.3 is 15.6 Å². The molecule has 15 heavy (non-hydrogen) atoms. The number of benzene rings is 1. The molecule has 3 N–H and O–H groups in total. The molecule has 1 aromatic carbocycles. The zero-order chi connectivity index (χ0) is 11.1. The fourth-order valence-electron chi connectivity index (χ4n) is 2.18. The van der Waals surface area contributed by atoms with Crippen molar-refractivity contribution in [3.05, 3.63) is 23.8 Å². The topological polar surface area (TPSA) is 55.5 Å². The zero-order valence-electron chi connectivity index (χ0n) is 9.16. The van der Waals surface area contributed by atoms with Gasteiger partial charge in [0.15, 0.2) is 11.5 Å². The van der Waals surface area contributed by atoms with E-state index in [1.165, 1.54) is 0 Å². The van der Waals surface area contributed by atoms with Crippen molar-refractivity contribution >= 4 is 0 Å². The fourth-order valence-corrected chi connectivity index (χ4v) is 2.18. The summed E-state index contributed by atoms with van der Waals surface area (Å²) in [6.07, 6.45) is 0.903. The third-order valence-corrected chi connectivity index (χ3v) is 2.95. The maximum absolute atomic E-state index is 9.67. The fraction of sp³-hybridized carbons (Fsp3) is 0.500. The van der Waals surface area contributed by atoms with E-state index in [1.807, 2.05) is 26.0 Å². The Morgan fingerprint density at radius 2 is 2.20 bits per heavy atom. The molecule has 1 aromatic rings. The largest absolute Gasteiger partial charge is 0.504 e. The van der Waals surface area contributed by atoms with E-state index in [-0.39, 0.29) is 17.2 Å². The molecular formula is C12H17NO2. The van der Waals surface area contributed by atoms with Gasteiger partial charge in [-0.15, -0.1) is 0 Å². The minimum Gasteiger partial charge on any atom is -0.504 e. The van der Waals surface area contributed by atoms with Crippen molar-refractivity contribution in [2.75, 3.05) is 6.61 Å². The highest BCUT2D eigenvalue weighted by Gasteiger charge is 2.32. The molecule has 0 saturated carbocycles. The second-order valence-electron chi connectivity index (χ2n) is 4.71. The molecule has 0 amide bonds. The normalized spacial score (nSPS) is 20.6. The molecule has 2 rings (SSSR count). The maximum atomic E-state index is 9.67. The number of para-hydroxylation sites is 1. The molecule has 0 radical (unpaired) electrons. The van der Waals surface area contributed by atoms with Gasteiger partial charge in [-0.3, -0.25) is 0 Å². The average molecular weight is 207 g/mol. The second kappa shape index (κ2) is 3.42. The maximum Gasteiger partial charge on any atom is 0.164 e. The number of phenols is 1. The zero-order valence-corrected chi connectivity index (χ0v) is 9.16. The Hall–Kier alpha value is -1.22. The Bertz CT molecular complexity index is 368. The van der Waals surface area contributed by atoms with Crippen LogP contribution in [-0.4, -0.2) is 17.3 Å². The summed E-state index contributed by atoms with van der Waals surface area (Å²) in [6, 6.07) is 5.46. The standard InChI is InChI=1S/C12H17NO2/c1-12(2,13)9-6-7-15-11-8(9)4-3-5-10(11)14/h3-5,9,14H,6-7,13H2,1-2H3. The van der Waals surface area contributed by atoms with Crippen molar-refractivity contribution in [3.8, 4) is 11.5 Å². The summed E-state index contributed by atoms with van der Waals surface area (Å²) in [5.41, 5.74) is 6.87. The van der Waals surface area contributed by atoms with Crippen molar-refractivity contribution in [2.45, 2.75) is 31.7 Å². The van der Waals surface area contributed by atoms with E-state index >= 15 is 0 Å². The molecule has 0 aliphatic carbocycles. The van der Waals surface area contributed by atoms with Crippen molar-refractivity contribution in [2.24, 2.45) is 5.73 Å². The molecule has 82 valence electrons. The molecule has 1 aliphatic heterocycles. The summed E-state index contributed by atoms with van der Waals surface area (Å²) in [5, 5.41) is 9.67. The first-order valence-corrected chi connectivity index (χ1v) is 5.23. The predicted molar refractivity (Wildman–Crippen MR) is 59.2 cm³/mol. The van der Waals surface area contributed by atoms with Crippen LogP contribution in [0, 0.1) is 0 Å². The minimum atomic E-state index is -0.285. The van der Waals surface area contributed by atoms with Crippen molar-refractivity contribution in [1.82, 2.24) is 0 Å². The van der Waals surface area contributed by atoms with Gasteiger partial charge in [0.25, 0.3) is 0 Å². The molecule has 1 heterocycles. The van der Waals surface area contributed by atoms with Crippen LogP contribution in [-0.2, 0) is 0 Å². The Kier molecular flexibility index (Phi) is 2.35. The van der Waals surface area contributed by atoms with Gasteiger partial charge in [0.1, 0.15) is 0 Å². The number of rotatable bonds is 1. The molecule has 0 spiro atoms.